The fraction of sp³-hybridized carbons (Fsp3) is 0.900. The average molecular weight is 341 g/mol. The zero-order valence-corrected chi connectivity index (χ0v) is 15.3. The summed E-state index contributed by atoms with van der Waals surface area (Å²) in [5, 5.41) is 15.4. The van der Waals surface area contributed by atoms with Crippen molar-refractivity contribution in [1.82, 2.24) is 0 Å². The highest BCUT2D eigenvalue weighted by Crippen LogP contribution is 2.40. The van der Waals surface area contributed by atoms with Gasteiger partial charge in [0.15, 0.2) is 0 Å². The number of carboxylic acids is 2. The molecule has 140 valence electrons. The van der Waals surface area contributed by atoms with E-state index in [0.29, 0.717) is 0 Å². The minimum absolute atomic E-state index is 0.806. The van der Waals surface area contributed by atoms with E-state index in [0.717, 1.165) is 17.8 Å². The zero-order valence-electron chi connectivity index (χ0n) is 15.3. The molecule has 0 aromatic rings. The first-order chi connectivity index (χ1) is 11.5. The fourth-order valence-electron chi connectivity index (χ4n) is 4.37. The van der Waals surface area contributed by atoms with Gasteiger partial charge in [0.2, 0.25) is 0 Å². The quantitative estimate of drug-likeness (QED) is 0.474. The Labute approximate surface area is 147 Å². The number of hydrogen-bond donors (Lipinski definition) is 2. The summed E-state index contributed by atoms with van der Waals surface area (Å²) in [6, 6.07) is 0. The van der Waals surface area contributed by atoms with E-state index >= 15 is 0 Å². The van der Waals surface area contributed by atoms with Gasteiger partial charge in [-0.1, -0.05) is 77.6 Å². The van der Waals surface area contributed by atoms with Gasteiger partial charge >= 0.3 is 11.9 Å². The summed E-state index contributed by atoms with van der Waals surface area (Å²) in [6.07, 6.45) is 19.0. The summed E-state index contributed by atoms with van der Waals surface area (Å²) in [5.74, 6) is 0.722. The molecule has 2 N–H and O–H groups in total. The van der Waals surface area contributed by atoms with Gasteiger partial charge in [-0.05, 0) is 30.6 Å². The highest BCUT2D eigenvalue weighted by Gasteiger charge is 2.28. The maximum Gasteiger partial charge on any atom is 0.314 e. The van der Waals surface area contributed by atoms with Crippen LogP contribution in [-0.4, -0.2) is 22.2 Å². The number of hydrogen-bond acceptors (Lipinski definition) is 2. The molecule has 2 aliphatic carbocycles. The van der Waals surface area contributed by atoms with Crippen LogP contribution in [0, 0.1) is 17.8 Å². The summed E-state index contributed by atoms with van der Waals surface area (Å²) in [6.45, 7) is 2.32. The number of carboxylic acid groups (broad SMARTS) is 2. The van der Waals surface area contributed by atoms with E-state index in [1.807, 2.05) is 0 Å². The standard InChI is InChI=1S/C17H32.C3H4O4/c1-2-3-5-8-15-11-13-17(14-12-15)16-9-6-4-7-10-16;4-2(5)1-3(6)7/h15-17H,2-14H2,1H3;1H2,(H,4,5)(H,6,7)/t15-,17-;. The van der Waals surface area contributed by atoms with Crippen LogP contribution in [0.3, 0.4) is 0 Å². The molecule has 0 spiro atoms. The normalized spacial score (nSPS) is 24.7. The summed E-state index contributed by atoms with van der Waals surface area (Å²) >= 11 is 0. The Morgan fingerprint density at radius 2 is 1.33 bits per heavy atom. The van der Waals surface area contributed by atoms with Gasteiger partial charge in [-0.3, -0.25) is 9.59 Å². The molecule has 2 aliphatic rings. The first-order valence-electron chi connectivity index (χ1n) is 9.96. The number of aliphatic carboxylic acids is 2. The van der Waals surface area contributed by atoms with Crippen molar-refractivity contribution in [2.24, 2.45) is 17.8 Å². The Balaban J connectivity index is 0.000000351. The second kappa shape index (κ2) is 12.3. The molecular weight excluding hydrogens is 304 g/mol. The van der Waals surface area contributed by atoms with Gasteiger partial charge < -0.3 is 10.2 Å². The van der Waals surface area contributed by atoms with Crippen molar-refractivity contribution < 1.29 is 19.8 Å². The van der Waals surface area contributed by atoms with Crippen LogP contribution in [0.4, 0.5) is 0 Å². The van der Waals surface area contributed by atoms with Crippen molar-refractivity contribution in [3.05, 3.63) is 0 Å². The lowest BCUT2D eigenvalue weighted by atomic mass is 9.70. The van der Waals surface area contributed by atoms with Gasteiger partial charge in [0.25, 0.3) is 0 Å². The van der Waals surface area contributed by atoms with Gasteiger partial charge in [0.1, 0.15) is 6.42 Å². The van der Waals surface area contributed by atoms with Crippen molar-refractivity contribution in [3.8, 4) is 0 Å². The molecule has 24 heavy (non-hydrogen) atoms. The SMILES string of the molecule is CCCCC[C@H]1CC[C@H](C2CCCCC2)CC1.O=C(O)CC(=O)O. The molecule has 0 bridgehead atoms. The number of unbranched alkanes of at least 4 members (excludes halogenated alkanes) is 2. The molecule has 2 rings (SSSR count). The molecule has 0 aromatic heterocycles. The molecule has 0 aromatic carbocycles. The van der Waals surface area contributed by atoms with Crippen LogP contribution >= 0.6 is 0 Å². The van der Waals surface area contributed by atoms with Crippen LogP contribution in [0.25, 0.3) is 0 Å². The first kappa shape index (κ1) is 21.0. The van der Waals surface area contributed by atoms with E-state index in [4.69, 9.17) is 10.2 Å². The monoisotopic (exact) mass is 340 g/mol. The van der Waals surface area contributed by atoms with Crippen molar-refractivity contribution in [2.45, 2.75) is 96.8 Å². The zero-order chi connectivity index (χ0) is 17.8. The molecule has 4 nitrogen and oxygen atoms in total. The van der Waals surface area contributed by atoms with Crippen LogP contribution in [0.1, 0.15) is 96.8 Å². The largest absolute Gasteiger partial charge is 0.481 e. The van der Waals surface area contributed by atoms with Gasteiger partial charge in [-0.2, -0.15) is 0 Å². The van der Waals surface area contributed by atoms with Gasteiger partial charge in [-0.15, -0.1) is 0 Å². The van der Waals surface area contributed by atoms with Crippen LogP contribution in [0.15, 0.2) is 0 Å². The molecule has 0 radical (unpaired) electrons. The average Bonchev–Trinajstić information content (AvgIpc) is 2.56. The molecule has 0 unspecified atom stereocenters. The molecule has 0 amide bonds. The molecule has 0 atom stereocenters. The Morgan fingerprint density at radius 3 is 1.79 bits per heavy atom. The lowest BCUT2D eigenvalue weighted by Gasteiger charge is -2.36. The minimum atomic E-state index is -1.31. The van der Waals surface area contributed by atoms with E-state index in [9.17, 15) is 9.59 Å². The maximum absolute atomic E-state index is 9.43. The molecular formula is C20H36O4. The van der Waals surface area contributed by atoms with Crippen LogP contribution in [-0.2, 0) is 9.59 Å². The Bertz CT molecular complexity index is 341. The minimum Gasteiger partial charge on any atom is -0.481 e. The summed E-state index contributed by atoms with van der Waals surface area (Å²) in [7, 11) is 0. The predicted molar refractivity (Wildman–Crippen MR) is 96.1 cm³/mol. The van der Waals surface area contributed by atoms with E-state index < -0.39 is 18.4 Å². The molecule has 0 saturated heterocycles. The van der Waals surface area contributed by atoms with Gasteiger partial charge in [0.05, 0.1) is 0 Å². The van der Waals surface area contributed by atoms with Crippen molar-refractivity contribution in [1.29, 1.82) is 0 Å². The molecule has 2 fully saturated rings. The highest BCUT2D eigenvalue weighted by atomic mass is 16.4. The van der Waals surface area contributed by atoms with E-state index in [2.05, 4.69) is 6.92 Å². The van der Waals surface area contributed by atoms with Crippen molar-refractivity contribution in [2.75, 3.05) is 0 Å². The third-order valence-electron chi connectivity index (χ3n) is 5.73. The lowest BCUT2D eigenvalue weighted by Crippen LogP contribution is -2.23. The van der Waals surface area contributed by atoms with Crippen LogP contribution in [0.2, 0.25) is 0 Å². The molecule has 0 heterocycles. The smallest absolute Gasteiger partial charge is 0.314 e. The van der Waals surface area contributed by atoms with Gasteiger partial charge in [-0.25, -0.2) is 0 Å². The topological polar surface area (TPSA) is 74.6 Å². The van der Waals surface area contributed by atoms with E-state index in [-0.39, 0.29) is 0 Å². The Hall–Kier alpha value is -1.06. The number of carbonyl (C=O) groups is 2. The third kappa shape index (κ3) is 9.29. The Kier molecular flexibility index (Phi) is 10.8. The van der Waals surface area contributed by atoms with Crippen LogP contribution < -0.4 is 0 Å². The first-order valence-corrected chi connectivity index (χ1v) is 9.96. The molecule has 4 heteroatoms. The van der Waals surface area contributed by atoms with Crippen LogP contribution in [0.5, 0.6) is 0 Å². The summed E-state index contributed by atoms with van der Waals surface area (Å²) in [5.41, 5.74) is 0. The summed E-state index contributed by atoms with van der Waals surface area (Å²) in [4.78, 5) is 18.9. The van der Waals surface area contributed by atoms with Crippen molar-refractivity contribution >= 4 is 11.9 Å². The highest BCUT2D eigenvalue weighted by molar-refractivity contribution is 5.88. The second-order valence-electron chi connectivity index (χ2n) is 7.64. The maximum atomic E-state index is 9.43. The fourth-order valence-corrected chi connectivity index (χ4v) is 4.37. The Morgan fingerprint density at radius 1 is 0.792 bits per heavy atom. The lowest BCUT2D eigenvalue weighted by molar-refractivity contribution is -0.147. The van der Waals surface area contributed by atoms with Gasteiger partial charge in [0, 0.05) is 0 Å². The predicted octanol–water partition coefficient (Wildman–Crippen LogP) is 5.50. The van der Waals surface area contributed by atoms with Crippen molar-refractivity contribution in [3.63, 3.8) is 0 Å². The van der Waals surface area contributed by atoms with E-state index in [1.165, 1.54) is 44.9 Å². The third-order valence-corrected chi connectivity index (χ3v) is 5.73. The number of rotatable bonds is 7. The molecule has 2 saturated carbocycles. The second-order valence-corrected chi connectivity index (χ2v) is 7.64. The summed E-state index contributed by atoms with van der Waals surface area (Å²) < 4.78 is 0. The van der Waals surface area contributed by atoms with E-state index in [1.54, 1.807) is 38.5 Å². The molecule has 0 aliphatic heterocycles.